The lowest BCUT2D eigenvalue weighted by Gasteiger charge is -2.11. The number of esters is 1. The first-order valence-electron chi connectivity index (χ1n) is 7.15. The van der Waals surface area contributed by atoms with Crippen LogP contribution in [0.25, 0.3) is 0 Å². The van der Waals surface area contributed by atoms with Crippen molar-refractivity contribution in [2.45, 2.75) is 19.8 Å². The van der Waals surface area contributed by atoms with Gasteiger partial charge in [-0.15, -0.1) is 5.10 Å². The second kappa shape index (κ2) is 10.0. The van der Waals surface area contributed by atoms with Crippen molar-refractivity contribution in [3.63, 3.8) is 0 Å². The summed E-state index contributed by atoms with van der Waals surface area (Å²) in [4.78, 5) is 11.3. The van der Waals surface area contributed by atoms with Crippen LogP contribution in [0.15, 0.2) is 28.4 Å². The van der Waals surface area contributed by atoms with Gasteiger partial charge in [-0.2, -0.15) is 5.10 Å². The molecule has 126 valence electrons. The molecule has 0 fully saturated rings. The van der Waals surface area contributed by atoms with E-state index < -0.39 is 0 Å². The van der Waals surface area contributed by atoms with E-state index in [4.69, 9.17) is 25.7 Å². The van der Waals surface area contributed by atoms with Crippen LogP contribution in [0, 0.1) is 0 Å². The number of hydrogen-bond donors (Lipinski definition) is 2. The van der Waals surface area contributed by atoms with Gasteiger partial charge in [-0.3, -0.25) is 4.79 Å². The molecule has 0 aliphatic carbocycles. The van der Waals surface area contributed by atoms with Crippen LogP contribution in [0.2, 0.25) is 0 Å². The van der Waals surface area contributed by atoms with Gasteiger partial charge >= 0.3 is 5.97 Å². The van der Waals surface area contributed by atoms with E-state index in [0.717, 1.165) is 5.56 Å². The van der Waals surface area contributed by atoms with Crippen molar-refractivity contribution in [1.29, 1.82) is 0 Å². The van der Waals surface area contributed by atoms with Gasteiger partial charge in [-0.05, 0) is 37.1 Å². The molecule has 0 radical (unpaired) electrons. The summed E-state index contributed by atoms with van der Waals surface area (Å²) in [7, 11) is 1.55. The van der Waals surface area contributed by atoms with Crippen molar-refractivity contribution < 1.29 is 19.0 Å². The second-order valence-electron chi connectivity index (χ2n) is 4.44. The van der Waals surface area contributed by atoms with E-state index in [-0.39, 0.29) is 11.9 Å². The largest absolute Gasteiger partial charge is 0.493 e. The van der Waals surface area contributed by atoms with E-state index in [1.165, 1.54) is 6.21 Å². The molecular weight excluding hydrogens is 300 g/mol. The first-order chi connectivity index (χ1) is 11.1. The standard InChI is InChI=1S/C15H22N4O4/c1-3-22-14(20)5-4-8-23-13-9-11(6-7-12(13)21-2)10-18-19-15(16)17/h6-7,9-10H,3-5,8H2,1-2H3,(H4,16,17,19). The molecule has 0 unspecified atom stereocenters. The van der Waals surface area contributed by atoms with Gasteiger partial charge < -0.3 is 25.7 Å². The van der Waals surface area contributed by atoms with Crippen LogP contribution in [-0.4, -0.2) is 38.5 Å². The van der Waals surface area contributed by atoms with Gasteiger partial charge in [0.15, 0.2) is 11.5 Å². The molecule has 0 aliphatic heterocycles. The monoisotopic (exact) mass is 322 g/mol. The number of nitrogens with two attached hydrogens (primary N) is 2. The second-order valence-corrected chi connectivity index (χ2v) is 4.44. The summed E-state index contributed by atoms with van der Waals surface area (Å²) in [5.41, 5.74) is 11.1. The highest BCUT2D eigenvalue weighted by Crippen LogP contribution is 2.27. The van der Waals surface area contributed by atoms with Crippen molar-refractivity contribution in [3.8, 4) is 11.5 Å². The molecule has 0 bridgehead atoms. The molecule has 8 nitrogen and oxygen atoms in total. The molecule has 1 aromatic rings. The van der Waals surface area contributed by atoms with Crippen LogP contribution < -0.4 is 20.9 Å². The number of nitrogens with zero attached hydrogens (tertiary/aromatic N) is 2. The Kier molecular flexibility index (Phi) is 7.98. The van der Waals surface area contributed by atoms with Crippen molar-refractivity contribution in [2.75, 3.05) is 20.3 Å². The Morgan fingerprint density at radius 3 is 2.74 bits per heavy atom. The van der Waals surface area contributed by atoms with E-state index in [2.05, 4.69) is 10.2 Å². The summed E-state index contributed by atoms with van der Waals surface area (Å²) < 4.78 is 15.7. The summed E-state index contributed by atoms with van der Waals surface area (Å²) in [5, 5.41) is 7.26. The maximum atomic E-state index is 11.3. The number of rotatable bonds is 9. The van der Waals surface area contributed by atoms with Crippen molar-refractivity contribution in [3.05, 3.63) is 23.8 Å². The molecule has 0 saturated carbocycles. The molecule has 0 saturated heterocycles. The third kappa shape index (κ3) is 7.16. The topological polar surface area (TPSA) is 122 Å². The molecule has 1 rings (SSSR count). The third-order valence-electron chi connectivity index (χ3n) is 2.66. The number of benzene rings is 1. The lowest BCUT2D eigenvalue weighted by Crippen LogP contribution is -2.21. The zero-order chi connectivity index (χ0) is 17.1. The Labute approximate surface area is 135 Å². The highest BCUT2D eigenvalue weighted by atomic mass is 16.5. The predicted octanol–water partition coefficient (Wildman–Crippen LogP) is 1.02. The average Bonchev–Trinajstić information content (AvgIpc) is 2.52. The number of ether oxygens (including phenoxy) is 3. The predicted molar refractivity (Wildman–Crippen MR) is 87.8 cm³/mol. The fraction of sp³-hybridized carbons (Fsp3) is 0.400. The van der Waals surface area contributed by atoms with Crippen LogP contribution in [0.5, 0.6) is 11.5 Å². The van der Waals surface area contributed by atoms with E-state index >= 15 is 0 Å². The van der Waals surface area contributed by atoms with Crippen LogP contribution in [0.1, 0.15) is 25.3 Å². The Morgan fingerprint density at radius 2 is 2.09 bits per heavy atom. The molecule has 0 spiro atoms. The molecule has 0 heterocycles. The summed E-state index contributed by atoms with van der Waals surface area (Å²) in [6.07, 6.45) is 2.35. The van der Waals surface area contributed by atoms with E-state index in [0.29, 0.717) is 37.6 Å². The quantitative estimate of drug-likeness (QED) is 0.230. The number of hydrogen-bond acceptors (Lipinski definition) is 6. The van der Waals surface area contributed by atoms with Gasteiger partial charge in [-0.25, -0.2) is 0 Å². The molecule has 0 aromatic heterocycles. The SMILES string of the molecule is CCOC(=O)CCCOc1cc(C=NN=C(N)N)ccc1OC. The van der Waals surface area contributed by atoms with Crippen molar-refractivity contribution in [2.24, 2.45) is 21.7 Å². The zero-order valence-electron chi connectivity index (χ0n) is 13.3. The van der Waals surface area contributed by atoms with E-state index in [1.54, 1.807) is 32.2 Å². The van der Waals surface area contributed by atoms with Gasteiger partial charge in [0.2, 0.25) is 5.96 Å². The Balaban J connectivity index is 2.63. The minimum Gasteiger partial charge on any atom is -0.493 e. The molecule has 23 heavy (non-hydrogen) atoms. The molecular formula is C15H22N4O4. The van der Waals surface area contributed by atoms with Crippen LogP contribution in [0.3, 0.4) is 0 Å². The maximum Gasteiger partial charge on any atom is 0.305 e. The Morgan fingerprint density at radius 1 is 1.30 bits per heavy atom. The smallest absolute Gasteiger partial charge is 0.305 e. The Hall–Kier alpha value is -2.77. The van der Waals surface area contributed by atoms with E-state index in [1.807, 2.05) is 0 Å². The van der Waals surface area contributed by atoms with Gasteiger partial charge in [0.05, 0.1) is 26.5 Å². The van der Waals surface area contributed by atoms with Gasteiger partial charge in [0, 0.05) is 6.42 Å². The summed E-state index contributed by atoms with van der Waals surface area (Å²) in [6.45, 7) is 2.52. The first-order valence-corrected chi connectivity index (χ1v) is 7.15. The first kappa shape index (κ1) is 18.3. The van der Waals surface area contributed by atoms with Crippen molar-refractivity contribution >= 4 is 18.1 Å². The molecule has 0 aliphatic rings. The lowest BCUT2D eigenvalue weighted by atomic mass is 10.2. The number of carbonyl (C=O) groups excluding carboxylic acids is 1. The molecule has 0 amide bonds. The van der Waals surface area contributed by atoms with E-state index in [9.17, 15) is 4.79 Å². The third-order valence-corrected chi connectivity index (χ3v) is 2.66. The summed E-state index contributed by atoms with van der Waals surface area (Å²) in [6, 6.07) is 5.28. The highest BCUT2D eigenvalue weighted by Gasteiger charge is 2.06. The molecule has 4 N–H and O–H groups in total. The van der Waals surface area contributed by atoms with Gasteiger partial charge in [-0.1, -0.05) is 0 Å². The van der Waals surface area contributed by atoms with Crippen LogP contribution in [-0.2, 0) is 9.53 Å². The van der Waals surface area contributed by atoms with Gasteiger partial charge in [0.1, 0.15) is 0 Å². The number of carbonyl (C=O) groups is 1. The van der Waals surface area contributed by atoms with Crippen LogP contribution >= 0.6 is 0 Å². The normalized spacial score (nSPS) is 10.3. The molecule has 8 heteroatoms. The minimum atomic E-state index is -0.235. The number of methoxy groups -OCH3 is 1. The number of guanidine groups is 1. The maximum absolute atomic E-state index is 11.3. The minimum absolute atomic E-state index is 0.120. The van der Waals surface area contributed by atoms with Crippen molar-refractivity contribution in [1.82, 2.24) is 0 Å². The fourth-order valence-corrected chi connectivity index (χ4v) is 1.68. The molecule has 1 aromatic carbocycles. The molecule has 0 atom stereocenters. The fourth-order valence-electron chi connectivity index (χ4n) is 1.68. The Bertz CT molecular complexity index is 569. The highest BCUT2D eigenvalue weighted by molar-refractivity contribution is 5.82. The van der Waals surface area contributed by atoms with Crippen LogP contribution in [0.4, 0.5) is 0 Å². The summed E-state index contributed by atoms with van der Waals surface area (Å²) in [5.74, 6) is 0.775. The zero-order valence-corrected chi connectivity index (χ0v) is 13.3. The lowest BCUT2D eigenvalue weighted by molar-refractivity contribution is -0.143. The average molecular weight is 322 g/mol. The summed E-state index contributed by atoms with van der Waals surface area (Å²) >= 11 is 0. The van der Waals surface area contributed by atoms with Gasteiger partial charge in [0.25, 0.3) is 0 Å².